The molecule has 0 spiro atoms. The van der Waals surface area contributed by atoms with Crippen molar-refractivity contribution < 1.29 is 18.7 Å². The quantitative estimate of drug-likeness (QED) is 0.636. The number of piperidine rings is 1. The van der Waals surface area contributed by atoms with Gasteiger partial charge in [0.05, 0.1) is 12.8 Å². The second-order valence-electron chi connectivity index (χ2n) is 7.57. The van der Waals surface area contributed by atoms with Crippen molar-refractivity contribution in [2.24, 2.45) is 11.7 Å². The molecule has 1 aromatic carbocycles. The molecule has 1 fully saturated rings. The Bertz CT molecular complexity index is 1030. The number of likely N-dealkylation sites (tertiary alicyclic amines) is 1. The van der Waals surface area contributed by atoms with E-state index in [-0.39, 0.29) is 11.7 Å². The topological polar surface area (TPSA) is 102 Å². The minimum absolute atomic E-state index is 0.148. The highest BCUT2D eigenvalue weighted by molar-refractivity contribution is 5.93. The molecule has 4 rings (SSSR count). The molecule has 4 N–H and O–H groups in total. The number of rotatable bonds is 6. The number of nitrogens with zero attached hydrogens (tertiary/aromatic N) is 2. The summed E-state index contributed by atoms with van der Waals surface area (Å²) in [6.07, 6.45) is 6.95. The van der Waals surface area contributed by atoms with Crippen molar-refractivity contribution in [1.29, 1.82) is 0 Å². The van der Waals surface area contributed by atoms with Crippen LogP contribution in [0.5, 0.6) is 17.2 Å². The Hall–Kier alpha value is -3.75. The first-order valence-electron chi connectivity index (χ1n) is 10.6. The number of nitrogens with one attached hydrogen (secondary N) is 2. The van der Waals surface area contributed by atoms with E-state index >= 15 is 0 Å². The van der Waals surface area contributed by atoms with Crippen LogP contribution in [0.4, 0.5) is 4.39 Å². The van der Waals surface area contributed by atoms with Crippen LogP contribution in [-0.2, 0) is 0 Å². The molecule has 3 heterocycles. The lowest BCUT2D eigenvalue weighted by atomic mass is 9.92. The highest BCUT2D eigenvalue weighted by Crippen LogP contribution is 2.32. The molecule has 0 bridgehead atoms. The number of benzene rings is 1. The van der Waals surface area contributed by atoms with E-state index in [2.05, 4.69) is 15.8 Å². The van der Waals surface area contributed by atoms with Gasteiger partial charge in [0.2, 0.25) is 0 Å². The minimum Gasteiger partial charge on any atom is -0.490 e. The van der Waals surface area contributed by atoms with Gasteiger partial charge in [-0.2, -0.15) is 0 Å². The number of carbonyl (C=O) groups excluding carboxylic acids is 1. The first-order chi connectivity index (χ1) is 15.5. The summed E-state index contributed by atoms with van der Waals surface area (Å²) < 4.78 is 24.6. The van der Waals surface area contributed by atoms with Gasteiger partial charge >= 0.3 is 0 Å². The summed E-state index contributed by atoms with van der Waals surface area (Å²) in [5, 5.41) is 0. The maximum Gasteiger partial charge on any atom is 0.272 e. The van der Waals surface area contributed by atoms with Gasteiger partial charge in [0, 0.05) is 30.8 Å². The highest BCUT2D eigenvalue weighted by atomic mass is 19.1. The minimum atomic E-state index is -0.349. The molecular formula is C23H26FN5O3. The van der Waals surface area contributed by atoms with E-state index < -0.39 is 0 Å². The van der Waals surface area contributed by atoms with Crippen LogP contribution < -0.4 is 26.1 Å². The van der Waals surface area contributed by atoms with Crippen molar-refractivity contribution in [2.45, 2.75) is 19.8 Å². The second kappa shape index (κ2) is 9.59. The number of hydrazine groups is 1. The molecule has 168 valence electrons. The summed E-state index contributed by atoms with van der Waals surface area (Å²) in [6.45, 7) is 3.50. The molecule has 9 heteroatoms. The fraction of sp³-hybridized carbons (Fsp3) is 0.304. The standard InChI is InChI=1S/C23H26FN5O3/c1-2-31-20-13-19(26-14-21(20)32-17-5-3-16(24)4-6-17)23(30)29-11-9-15(10-12-29)18-7-8-22(25)28-27-18/h3-8,13-15,27-28H,2,9-12,25H2,1H3. The molecular weight excluding hydrogens is 413 g/mol. The van der Waals surface area contributed by atoms with Gasteiger partial charge < -0.3 is 25.5 Å². The van der Waals surface area contributed by atoms with E-state index in [1.807, 2.05) is 19.1 Å². The highest BCUT2D eigenvalue weighted by Gasteiger charge is 2.27. The predicted octanol–water partition coefficient (Wildman–Crippen LogP) is 3.06. The van der Waals surface area contributed by atoms with Crippen LogP contribution in [0.3, 0.4) is 0 Å². The van der Waals surface area contributed by atoms with Gasteiger partial charge in [0.25, 0.3) is 5.91 Å². The lowest BCUT2D eigenvalue weighted by molar-refractivity contribution is 0.0693. The normalized spacial score (nSPS) is 16.4. The fourth-order valence-corrected chi connectivity index (χ4v) is 3.72. The van der Waals surface area contributed by atoms with Gasteiger partial charge in [0.1, 0.15) is 23.1 Å². The van der Waals surface area contributed by atoms with Crippen molar-refractivity contribution >= 4 is 5.91 Å². The van der Waals surface area contributed by atoms with Crippen molar-refractivity contribution in [3.8, 4) is 17.2 Å². The molecule has 0 aliphatic carbocycles. The zero-order valence-corrected chi connectivity index (χ0v) is 17.8. The molecule has 2 aromatic rings. The number of halogens is 1. The Kier molecular flexibility index (Phi) is 6.44. The van der Waals surface area contributed by atoms with Gasteiger partial charge in [-0.25, -0.2) is 9.37 Å². The van der Waals surface area contributed by atoms with Crippen LogP contribution in [0.25, 0.3) is 0 Å². The lowest BCUT2D eigenvalue weighted by Crippen LogP contribution is -2.43. The first-order valence-corrected chi connectivity index (χ1v) is 10.6. The molecule has 1 saturated heterocycles. The number of carbonyl (C=O) groups is 1. The van der Waals surface area contributed by atoms with Crippen molar-refractivity contribution in [3.05, 3.63) is 71.7 Å². The van der Waals surface area contributed by atoms with Crippen molar-refractivity contribution in [3.63, 3.8) is 0 Å². The Balaban J connectivity index is 1.43. The number of nitrogens with two attached hydrogens (primary N) is 1. The van der Waals surface area contributed by atoms with Gasteiger partial charge in [0.15, 0.2) is 11.5 Å². The molecule has 8 nitrogen and oxygen atoms in total. The monoisotopic (exact) mass is 439 g/mol. The Morgan fingerprint density at radius 1 is 1.19 bits per heavy atom. The van der Waals surface area contributed by atoms with Crippen LogP contribution in [0.1, 0.15) is 30.3 Å². The summed E-state index contributed by atoms with van der Waals surface area (Å²) in [5.41, 5.74) is 13.1. The third kappa shape index (κ3) is 4.93. The van der Waals surface area contributed by atoms with E-state index in [9.17, 15) is 9.18 Å². The number of amides is 1. The van der Waals surface area contributed by atoms with E-state index in [0.717, 1.165) is 18.5 Å². The number of hydrogen-bond acceptors (Lipinski definition) is 7. The summed E-state index contributed by atoms with van der Waals surface area (Å²) >= 11 is 0. The summed E-state index contributed by atoms with van der Waals surface area (Å²) in [7, 11) is 0. The zero-order chi connectivity index (χ0) is 22.5. The molecule has 0 saturated carbocycles. The van der Waals surface area contributed by atoms with E-state index in [4.69, 9.17) is 15.2 Å². The van der Waals surface area contributed by atoms with E-state index in [1.165, 1.54) is 30.5 Å². The Labute approximate surface area is 185 Å². The average molecular weight is 439 g/mol. The predicted molar refractivity (Wildman–Crippen MR) is 117 cm³/mol. The van der Waals surface area contributed by atoms with Gasteiger partial charge in [-0.05, 0) is 56.2 Å². The lowest BCUT2D eigenvalue weighted by Gasteiger charge is -2.34. The first kappa shape index (κ1) is 21.5. The van der Waals surface area contributed by atoms with Gasteiger partial charge in [-0.1, -0.05) is 0 Å². The number of aromatic nitrogens is 1. The molecule has 1 aromatic heterocycles. The van der Waals surface area contributed by atoms with E-state index in [0.29, 0.717) is 54.4 Å². The second-order valence-corrected chi connectivity index (χ2v) is 7.57. The zero-order valence-electron chi connectivity index (χ0n) is 17.8. The third-order valence-corrected chi connectivity index (χ3v) is 5.41. The molecule has 1 amide bonds. The Morgan fingerprint density at radius 2 is 1.94 bits per heavy atom. The molecule has 2 aliphatic rings. The van der Waals surface area contributed by atoms with Crippen LogP contribution >= 0.6 is 0 Å². The van der Waals surface area contributed by atoms with Crippen LogP contribution in [0, 0.1) is 11.7 Å². The average Bonchev–Trinajstić information content (AvgIpc) is 2.82. The number of ether oxygens (including phenoxy) is 2. The molecule has 2 aliphatic heterocycles. The number of allylic oxidation sites excluding steroid dienone is 3. The van der Waals surface area contributed by atoms with Crippen molar-refractivity contribution in [1.82, 2.24) is 20.7 Å². The molecule has 0 atom stereocenters. The smallest absolute Gasteiger partial charge is 0.272 e. The number of hydrogen-bond donors (Lipinski definition) is 3. The maximum absolute atomic E-state index is 13.1. The summed E-state index contributed by atoms with van der Waals surface area (Å²) in [6, 6.07) is 7.25. The van der Waals surface area contributed by atoms with Gasteiger partial charge in [-0.15, -0.1) is 0 Å². The largest absolute Gasteiger partial charge is 0.490 e. The molecule has 32 heavy (non-hydrogen) atoms. The SMILES string of the molecule is CCOc1cc(C(=O)N2CCC(C3=CC=C(N)NN3)CC2)ncc1Oc1ccc(F)cc1. The summed E-state index contributed by atoms with van der Waals surface area (Å²) in [5.74, 6) is 1.63. The van der Waals surface area contributed by atoms with Crippen LogP contribution in [-0.4, -0.2) is 35.5 Å². The maximum atomic E-state index is 13.1. The number of pyridine rings is 1. The fourth-order valence-electron chi connectivity index (χ4n) is 3.72. The van der Waals surface area contributed by atoms with Crippen LogP contribution in [0.15, 0.2) is 60.2 Å². The summed E-state index contributed by atoms with van der Waals surface area (Å²) in [4.78, 5) is 19.1. The molecule has 0 radical (unpaired) electrons. The third-order valence-electron chi connectivity index (χ3n) is 5.41. The van der Waals surface area contributed by atoms with Crippen molar-refractivity contribution in [2.75, 3.05) is 19.7 Å². The van der Waals surface area contributed by atoms with Crippen LogP contribution in [0.2, 0.25) is 0 Å². The molecule has 0 unspecified atom stereocenters. The Morgan fingerprint density at radius 3 is 2.59 bits per heavy atom. The van der Waals surface area contributed by atoms with Gasteiger partial charge in [-0.3, -0.25) is 10.2 Å². The van der Waals surface area contributed by atoms with E-state index in [1.54, 1.807) is 11.0 Å².